The van der Waals surface area contributed by atoms with Crippen molar-refractivity contribution in [1.29, 1.82) is 0 Å². The van der Waals surface area contributed by atoms with Crippen LogP contribution in [0.15, 0.2) is 48.5 Å². The Morgan fingerprint density at radius 1 is 0.650 bits per heavy atom. The molecule has 0 aromatic heterocycles. The van der Waals surface area contributed by atoms with Gasteiger partial charge in [-0.05, 0) is 35.4 Å². The van der Waals surface area contributed by atoms with Crippen molar-refractivity contribution >= 4 is 11.9 Å². The van der Waals surface area contributed by atoms with E-state index in [9.17, 15) is 9.59 Å². The standard InChI is InChI=1S/C14H10O4.Eu.Tb/c15-13(16)11-5-1-9(2-6-11)10-3-7-12(8-4-10)14(17)18;;/h1-8H,(H,15,16)(H,17,18);;. The smallest absolute Gasteiger partial charge is 0.335 e. The maximum absolute atomic E-state index is 10.7. The van der Waals surface area contributed by atoms with E-state index in [1.54, 1.807) is 24.3 Å². The number of rotatable bonds is 3. The third-order valence-corrected chi connectivity index (χ3v) is 2.60. The van der Waals surface area contributed by atoms with Crippen LogP contribution >= 0.6 is 0 Å². The molecule has 6 heteroatoms. The van der Waals surface area contributed by atoms with Crippen molar-refractivity contribution in [2.24, 2.45) is 0 Å². The van der Waals surface area contributed by atoms with E-state index in [4.69, 9.17) is 10.2 Å². The van der Waals surface area contributed by atoms with Crippen molar-refractivity contribution in [2.45, 2.75) is 0 Å². The van der Waals surface area contributed by atoms with Gasteiger partial charge >= 0.3 is 11.9 Å². The molecular formula is C14H10EuO4Tb. The number of benzene rings is 2. The summed E-state index contributed by atoms with van der Waals surface area (Å²) in [5.74, 6) is -1.94. The monoisotopic (exact) mass is 554 g/mol. The molecule has 0 aliphatic rings. The quantitative estimate of drug-likeness (QED) is 0.614. The van der Waals surface area contributed by atoms with Crippen molar-refractivity contribution in [3.8, 4) is 11.1 Å². The zero-order chi connectivity index (χ0) is 13.1. The fraction of sp³-hybridized carbons (Fsp3) is 0. The molecule has 2 N–H and O–H groups in total. The van der Waals surface area contributed by atoms with E-state index in [-0.39, 0.29) is 99.1 Å². The molecule has 0 unspecified atom stereocenters. The molecule has 0 bridgehead atoms. The van der Waals surface area contributed by atoms with E-state index in [0.717, 1.165) is 11.1 Å². The van der Waals surface area contributed by atoms with Crippen molar-refractivity contribution in [3.63, 3.8) is 0 Å². The Labute approximate surface area is 187 Å². The van der Waals surface area contributed by atoms with Gasteiger partial charge in [0.25, 0.3) is 0 Å². The number of carbonyl (C=O) groups is 2. The minimum Gasteiger partial charge on any atom is -0.478 e. The summed E-state index contributed by atoms with van der Waals surface area (Å²) in [4.78, 5) is 21.4. The third-order valence-electron chi connectivity index (χ3n) is 2.60. The van der Waals surface area contributed by atoms with Crippen LogP contribution in [0.25, 0.3) is 11.1 Å². The van der Waals surface area contributed by atoms with Gasteiger partial charge in [-0.3, -0.25) is 0 Å². The molecule has 4 nitrogen and oxygen atoms in total. The molecule has 0 spiro atoms. The first kappa shape index (κ1) is 20.3. The van der Waals surface area contributed by atoms with E-state index in [2.05, 4.69) is 0 Å². The van der Waals surface area contributed by atoms with Gasteiger partial charge in [0.15, 0.2) is 0 Å². The summed E-state index contributed by atoms with van der Waals surface area (Å²) in [6.07, 6.45) is 0. The van der Waals surface area contributed by atoms with Gasteiger partial charge in [0.05, 0.1) is 11.1 Å². The van der Waals surface area contributed by atoms with Gasteiger partial charge < -0.3 is 10.2 Å². The van der Waals surface area contributed by atoms with Crippen LogP contribution in [-0.2, 0) is 0 Å². The van der Waals surface area contributed by atoms with Crippen molar-refractivity contribution in [1.82, 2.24) is 0 Å². The van der Waals surface area contributed by atoms with E-state index < -0.39 is 11.9 Å². The van der Waals surface area contributed by atoms with Crippen LogP contribution in [0.1, 0.15) is 20.7 Å². The summed E-state index contributed by atoms with van der Waals surface area (Å²) in [5.41, 5.74) is 2.13. The first-order valence-corrected chi connectivity index (χ1v) is 5.25. The average molecular weight is 553 g/mol. The van der Waals surface area contributed by atoms with Crippen LogP contribution < -0.4 is 0 Å². The number of carboxylic acid groups (broad SMARTS) is 2. The molecule has 0 fully saturated rings. The minimum absolute atomic E-state index is 0. The Kier molecular flexibility index (Phi) is 9.42. The zero-order valence-electron chi connectivity index (χ0n) is 10.0. The Morgan fingerprint density at radius 2 is 0.900 bits per heavy atom. The molecule has 0 heterocycles. The summed E-state index contributed by atoms with van der Waals surface area (Å²) >= 11 is 0. The SMILES string of the molecule is O=C(O)c1ccc(-c2ccc(C(=O)O)cc2)cc1.[Eu].[Tb]. The summed E-state index contributed by atoms with van der Waals surface area (Å²) in [7, 11) is 0. The Hall–Kier alpha value is 0.250. The van der Waals surface area contributed by atoms with Gasteiger partial charge in [0.1, 0.15) is 0 Å². The second kappa shape index (κ2) is 9.30. The molecule has 0 aliphatic carbocycles. The number of hydrogen-bond donors (Lipinski definition) is 2. The van der Waals surface area contributed by atoms with Crippen LogP contribution in [0.4, 0.5) is 0 Å². The van der Waals surface area contributed by atoms with Crippen LogP contribution in [0, 0.1) is 88.0 Å². The van der Waals surface area contributed by atoms with Gasteiger partial charge in [0.2, 0.25) is 0 Å². The van der Waals surface area contributed by atoms with Crippen molar-refractivity contribution in [2.75, 3.05) is 0 Å². The fourth-order valence-electron chi connectivity index (χ4n) is 1.61. The molecule has 0 aliphatic heterocycles. The van der Waals surface area contributed by atoms with Crippen LogP contribution in [-0.4, -0.2) is 22.2 Å². The zero-order valence-corrected chi connectivity index (χ0v) is 14.6. The molecule has 0 amide bonds. The van der Waals surface area contributed by atoms with Gasteiger partial charge in [-0.1, -0.05) is 24.3 Å². The van der Waals surface area contributed by atoms with Gasteiger partial charge in [-0.2, -0.15) is 0 Å². The molecule has 106 valence electrons. The normalized spacial score (nSPS) is 9.00. The third kappa shape index (κ3) is 5.22. The molecule has 0 atom stereocenters. The van der Waals surface area contributed by atoms with Crippen LogP contribution in [0.2, 0.25) is 0 Å². The largest absolute Gasteiger partial charge is 0.478 e. The molecule has 2 aromatic rings. The molecule has 0 saturated carbocycles. The van der Waals surface area contributed by atoms with Crippen molar-refractivity contribution < 1.29 is 108 Å². The second-order valence-corrected chi connectivity index (χ2v) is 3.77. The summed E-state index contributed by atoms with van der Waals surface area (Å²) in [6.45, 7) is 0. The van der Waals surface area contributed by atoms with E-state index in [1.165, 1.54) is 24.3 Å². The first-order chi connectivity index (χ1) is 8.58. The van der Waals surface area contributed by atoms with Crippen LogP contribution in [0.3, 0.4) is 0 Å². The number of aromatic carboxylic acids is 2. The topological polar surface area (TPSA) is 74.6 Å². The molecule has 2 rings (SSSR count). The maximum atomic E-state index is 10.7. The maximum Gasteiger partial charge on any atom is 0.335 e. The Morgan fingerprint density at radius 3 is 1.10 bits per heavy atom. The van der Waals surface area contributed by atoms with Gasteiger partial charge in [-0.25, -0.2) is 9.59 Å². The molecule has 20 heavy (non-hydrogen) atoms. The molecule has 0 saturated heterocycles. The Balaban J connectivity index is 0.00000180. The summed E-state index contributed by atoms with van der Waals surface area (Å²) in [5, 5.41) is 17.6. The van der Waals surface area contributed by atoms with E-state index in [1.807, 2.05) is 0 Å². The fourth-order valence-corrected chi connectivity index (χ4v) is 1.61. The second-order valence-electron chi connectivity index (χ2n) is 3.77. The van der Waals surface area contributed by atoms with E-state index in [0.29, 0.717) is 0 Å². The first-order valence-electron chi connectivity index (χ1n) is 5.25. The predicted molar refractivity (Wildman–Crippen MR) is 65.8 cm³/mol. The molecular weight excluding hydrogens is 543 g/mol. The average Bonchev–Trinajstić information content (AvgIpc) is 2.39. The van der Waals surface area contributed by atoms with Gasteiger partial charge in [-0.15, -0.1) is 0 Å². The predicted octanol–water partition coefficient (Wildman–Crippen LogP) is 2.75. The van der Waals surface area contributed by atoms with Gasteiger partial charge in [0, 0.05) is 88.0 Å². The van der Waals surface area contributed by atoms with E-state index >= 15 is 0 Å². The molecule has 2 radical (unpaired) electrons. The molecule has 2 aromatic carbocycles. The minimum atomic E-state index is -0.970. The van der Waals surface area contributed by atoms with Crippen LogP contribution in [0.5, 0.6) is 0 Å². The Bertz CT molecular complexity index is 538. The number of hydrogen-bond acceptors (Lipinski definition) is 2. The summed E-state index contributed by atoms with van der Waals surface area (Å²) < 4.78 is 0. The number of carboxylic acids is 2. The van der Waals surface area contributed by atoms with Crippen molar-refractivity contribution in [3.05, 3.63) is 59.7 Å². The summed E-state index contributed by atoms with van der Waals surface area (Å²) in [6, 6.07) is 12.8.